The zero-order valence-electron chi connectivity index (χ0n) is 48.4. The second kappa shape index (κ2) is 74.1. The van der Waals surface area contributed by atoms with Crippen LogP contribution in [0, 0.1) is 0 Å². The Kier molecular flexibility index (Phi) is 87.0. The van der Waals surface area contributed by atoms with Crippen LogP contribution in [0.1, 0.15) is 68.2 Å². The van der Waals surface area contributed by atoms with Gasteiger partial charge in [-0.1, -0.05) is 34.1 Å². The number of hydrogen-bond donors (Lipinski definition) is 15. The molecule has 0 aliphatic rings. The molecule has 0 amide bonds. The largest absolute Gasteiger partial charge is 0.395 e. The Labute approximate surface area is 449 Å². The SMILES string of the molecule is CC(O)CN(CC(C)O)CC(C)O.CC(O)CN(CCO)CCO.CCCCN(CCO)CCO.CCN(CC)CCOCCO.CCN(CCO)CCO.CN(C)CCOCCO.OCCN(CCO)CCO. The minimum absolute atomic E-state index is 0.0622. The van der Waals surface area contributed by atoms with E-state index in [4.69, 9.17) is 86.1 Å². The van der Waals surface area contributed by atoms with E-state index < -0.39 is 24.4 Å². The Bertz CT molecular complexity index is 891. The van der Waals surface area contributed by atoms with Crippen molar-refractivity contribution in [3.05, 3.63) is 0 Å². The molecule has 0 heterocycles. The summed E-state index contributed by atoms with van der Waals surface area (Å²) in [5.74, 6) is 0. The summed E-state index contributed by atoms with van der Waals surface area (Å²) >= 11 is 0. The number of ether oxygens (including phenoxy) is 2. The number of likely N-dealkylation sites (N-methyl/N-ethyl adjacent to an activating group) is 3. The third-order valence-electron chi connectivity index (χ3n) is 9.71. The molecule has 0 aromatic carbocycles. The number of aliphatic hydroxyl groups excluding tert-OH is 15. The molecule has 0 spiro atoms. The lowest BCUT2D eigenvalue weighted by Gasteiger charge is -2.25. The monoisotopic (exact) mass is 1090 g/mol. The molecule has 0 saturated heterocycles. The molecule has 15 N–H and O–H groups in total. The van der Waals surface area contributed by atoms with E-state index in [-0.39, 0.29) is 72.7 Å². The zero-order valence-corrected chi connectivity index (χ0v) is 48.4. The van der Waals surface area contributed by atoms with Crippen molar-refractivity contribution in [2.24, 2.45) is 0 Å². The summed E-state index contributed by atoms with van der Waals surface area (Å²) in [7, 11) is 3.98. The van der Waals surface area contributed by atoms with Gasteiger partial charge in [0.1, 0.15) is 0 Å². The summed E-state index contributed by atoms with van der Waals surface area (Å²) in [6.07, 6.45) is 0.591. The van der Waals surface area contributed by atoms with E-state index in [9.17, 15) is 0 Å². The molecule has 4 unspecified atom stereocenters. The van der Waals surface area contributed by atoms with Gasteiger partial charge in [-0.15, -0.1) is 0 Å². The molecule has 0 rings (SSSR count). The summed E-state index contributed by atoms with van der Waals surface area (Å²) in [5.41, 5.74) is 0. The second-order valence-corrected chi connectivity index (χ2v) is 17.4. The fourth-order valence-corrected chi connectivity index (χ4v) is 6.08. The molecule has 0 aliphatic heterocycles. The van der Waals surface area contributed by atoms with Gasteiger partial charge in [0.15, 0.2) is 0 Å². The summed E-state index contributed by atoms with van der Waals surface area (Å²) in [4.78, 5) is 13.8. The molecule has 0 aliphatic carbocycles. The standard InChI is InChI=1S/C9H21NO3.2C8H19NO2.C7H17NO3.C6H15NO3.2C6H15NO2/c1-7(11)4-10(5-8(2)12)6-9(3)13;1-3-9(4-2)5-7-11-8-6-10;1-2-3-4-9(5-7-10)6-8-11;1-7(11)6-8(2-4-9)3-5-10;8-4-1-7(2-5-9)3-6-10;1-7(2)3-5-9-6-4-8;1-2-7(3-5-8)4-6-9/h7-9,11-13H,4-6H2,1-3H3;10H,3-8H2,1-2H3;10-11H,2-8H2,1H3;7,9-11H,2-6H2,1H3;8-10H,1-6H2;8H,3-6H2,1-2H3;8-9H,2-6H2,1H3. The van der Waals surface area contributed by atoms with Gasteiger partial charge < -0.3 is 95.9 Å². The minimum atomic E-state index is -0.433. The highest BCUT2D eigenvalue weighted by molar-refractivity contribution is 4.67. The van der Waals surface area contributed by atoms with E-state index >= 15 is 0 Å². The van der Waals surface area contributed by atoms with Crippen molar-refractivity contribution in [2.45, 2.75) is 92.6 Å². The molecule has 0 aromatic heterocycles. The molecular formula is C50H121N7O17. The van der Waals surface area contributed by atoms with Gasteiger partial charge in [0.05, 0.1) is 124 Å². The van der Waals surface area contributed by atoms with Crippen molar-refractivity contribution < 1.29 is 86.1 Å². The van der Waals surface area contributed by atoms with Crippen LogP contribution in [0.3, 0.4) is 0 Å². The summed E-state index contributed by atoms with van der Waals surface area (Å²) in [6.45, 7) is 31.9. The van der Waals surface area contributed by atoms with Crippen molar-refractivity contribution in [1.29, 1.82) is 0 Å². The van der Waals surface area contributed by atoms with Gasteiger partial charge in [-0.2, -0.15) is 0 Å². The van der Waals surface area contributed by atoms with Gasteiger partial charge in [0, 0.05) is 98.2 Å². The first kappa shape index (κ1) is 86.9. The Morgan fingerprint density at radius 2 is 0.568 bits per heavy atom. The summed E-state index contributed by atoms with van der Waals surface area (Å²) < 4.78 is 10.1. The van der Waals surface area contributed by atoms with Crippen LogP contribution in [0.25, 0.3) is 0 Å². The molecular weight excluding hydrogens is 971 g/mol. The van der Waals surface area contributed by atoms with E-state index in [1.807, 2.05) is 40.6 Å². The van der Waals surface area contributed by atoms with Crippen molar-refractivity contribution in [2.75, 3.05) is 238 Å². The van der Waals surface area contributed by atoms with Gasteiger partial charge >= 0.3 is 0 Å². The van der Waals surface area contributed by atoms with Crippen LogP contribution >= 0.6 is 0 Å². The van der Waals surface area contributed by atoms with Crippen LogP contribution in [-0.4, -0.2) is 373 Å². The van der Waals surface area contributed by atoms with E-state index in [1.165, 1.54) is 0 Å². The highest BCUT2D eigenvalue weighted by atomic mass is 16.5. The molecule has 0 aromatic rings. The molecule has 24 nitrogen and oxygen atoms in total. The second-order valence-electron chi connectivity index (χ2n) is 17.4. The van der Waals surface area contributed by atoms with Crippen LogP contribution in [0.15, 0.2) is 0 Å². The Morgan fingerprint density at radius 3 is 0.824 bits per heavy atom. The van der Waals surface area contributed by atoms with E-state index in [0.717, 1.165) is 58.7 Å². The van der Waals surface area contributed by atoms with Crippen LogP contribution in [0.2, 0.25) is 0 Å². The van der Waals surface area contributed by atoms with Crippen molar-refractivity contribution in [3.63, 3.8) is 0 Å². The number of rotatable bonds is 42. The molecule has 0 fully saturated rings. The third-order valence-corrected chi connectivity index (χ3v) is 9.71. The summed E-state index contributed by atoms with van der Waals surface area (Å²) in [6, 6.07) is 0. The average Bonchev–Trinajstić information content (AvgIpc) is 3.33. The maximum atomic E-state index is 9.14. The Balaban J connectivity index is -0.000000142. The Hall–Kier alpha value is -0.960. The fourth-order valence-electron chi connectivity index (χ4n) is 6.08. The number of hydrogen-bond acceptors (Lipinski definition) is 24. The van der Waals surface area contributed by atoms with Crippen LogP contribution < -0.4 is 0 Å². The first-order chi connectivity index (χ1) is 35.3. The topological polar surface area (TPSA) is 345 Å². The van der Waals surface area contributed by atoms with Crippen LogP contribution in [-0.2, 0) is 9.47 Å². The van der Waals surface area contributed by atoms with Crippen molar-refractivity contribution >= 4 is 0 Å². The number of aliphatic hydroxyl groups is 15. The lowest BCUT2D eigenvalue weighted by Crippen LogP contribution is -2.40. The Morgan fingerprint density at radius 1 is 0.297 bits per heavy atom. The fraction of sp³-hybridized carbons (Fsp3) is 1.00. The first-order valence-electron chi connectivity index (χ1n) is 26.8. The smallest absolute Gasteiger partial charge is 0.0698 e. The molecule has 4 atom stereocenters. The molecule has 0 bridgehead atoms. The normalized spacial score (nSPS) is 12.6. The minimum Gasteiger partial charge on any atom is -0.395 e. The van der Waals surface area contributed by atoms with Gasteiger partial charge in [-0.25, -0.2) is 0 Å². The first-order valence-corrected chi connectivity index (χ1v) is 26.8. The lowest BCUT2D eigenvalue weighted by atomic mass is 10.2. The van der Waals surface area contributed by atoms with Crippen molar-refractivity contribution in [1.82, 2.24) is 34.3 Å². The van der Waals surface area contributed by atoms with Gasteiger partial charge in [-0.05, 0) is 74.4 Å². The quantitative estimate of drug-likeness (QED) is 0.0257. The van der Waals surface area contributed by atoms with Crippen LogP contribution in [0.4, 0.5) is 0 Å². The maximum Gasteiger partial charge on any atom is 0.0698 e. The zero-order chi connectivity index (χ0) is 58.2. The van der Waals surface area contributed by atoms with Gasteiger partial charge in [0.25, 0.3) is 0 Å². The van der Waals surface area contributed by atoms with Crippen LogP contribution in [0.5, 0.6) is 0 Å². The van der Waals surface area contributed by atoms with Crippen molar-refractivity contribution in [3.8, 4) is 0 Å². The predicted octanol–water partition coefficient (Wildman–Crippen LogP) is -4.39. The van der Waals surface area contributed by atoms with E-state index in [2.05, 4.69) is 30.6 Å². The van der Waals surface area contributed by atoms with E-state index in [0.29, 0.717) is 105 Å². The lowest BCUT2D eigenvalue weighted by molar-refractivity contribution is 0.0530. The predicted molar refractivity (Wildman–Crippen MR) is 295 cm³/mol. The third kappa shape index (κ3) is 85.0. The molecule has 0 saturated carbocycles. The van der Waals surface area contributed by atoms with Gasteiger partial charge in [0.2, 0.25) is 0 Å². The maximum absolute atomic E-state index is 9.14. The summed E-state index contributed by atoms with van der Waals surface area (Å²) in [5, 5.41) is 130. The van der Waals surface area contributed by atoms with E-state index in [1.54, 1.807) is 32.6 Å². The number of nitrogens with zero attached hydrogens (tertiary/aromatic N) is 7. The molecule has 458 valence electrons. The molecule has 24 heteroatoms. The number of unbranched alkanes of at least 4 members (excludes halogenated alkanes) is 1. The molecule has 74 heavy (non-hydrogen) atoms. The highest BCUT2D eigenvalue weighted by Gasteiger charge is 2.13. The van der Waals surface area contributed by atoms with Gasteiger partial charge in [-0.3, -0.25) is 24.5 Å². The average molecular weight is 1090 g/mol. The highest BCUT2D eigenvalue weighted by Crippen LogP contribution is 1.98. The molecule has 0 radical (unpaired) electrons.